The van der Waals surface area contributed by atoms with E-state index in [1.165, 1.54) is 39.2 Å². The van der Waals surface area contributed by atoms with E-state index in [1.54, 1.807) is 0 Å². The summed E-state index contributed by atoms with van der Waals surface area (Å²) < 4.78 is 4.58. The maximum atomic E-state index is 10.8. The normalized spacial score (nSPS) is 9.83. The Morgan fingerprint density at radius 3 is 2.00 bits per heavy atom. The lowest BCUT2D eigenvalue weighted by molar-refractivity contribution is -0.140. The summed E-state index contributed by atoms with van der Waals surface area (Å²) in [6.07, 6.45) is 11.0. The maximum absolute atomic E-state index is 10.8. The Morgan fingerprint density at radius 1 is 1.00 bits per heavy atom. The molecule has 18 heavy (non-hydrogen) atoms. The Kier molecular flexibility index (Phi) is 12.9. The molecule has 5 heteroatoms. The van der Waals surface area contributed by atoms with Gasteiger partial charge in [-0.3, -0.25) is 4.79 Å². The zero-order valence-electron chi connectivity index (χ0n) is 11.4. The van der Waals surface area contributed by atoms with Crippen LogP contribution in [0.3, 0.4) is 0 Å². The van der Waals surface area contributed by atoms with Crippen molar-refractivity contribution in [2.75, 3.05) is 13.7 Å². The highest BCUT2D eigenvalue weighted by molar-refractivity contribution is 5.68. The van der Waals surface area contributed by atoms with Crippen LogP contribution < -0.4 is 0 Å². The third-order valence-electron chi connectivity index (χ3n) is 2.93. The maximum Gasteiger partial charge on any atom is 0.305 e. The lowest BCUT2D eigenvalue weighted by Gasteiger charge is -2.01. The molecule has 0 amide bonds. The molecule has 0 unspecified atom stereocenters. The summed E-state index contributed by atoms with van der Waals surface area (Å²) in [6, 6.07) is 0. The summed E-state index contributed by atoms with van der Waals surface area (Å²) in [5.74, 6) is -0.102. The van der Waals surface area contributed by atoms with E-state index in [0.29, 0.717) is 13.0 Å². The van der Waals surface area contributed by atoms with Crippen LogP contribution in [0.1, 0.15) is 64.2 Å². The van der Waals surface area contributed by atoms with Gasteiger partial charge in [-0.2, -0.15) is 0 Å². The number of esters is 1. The Balaban J connectivity index is 3.03. The largest absolute Gasteiger partial charge is 0.469 e. The van der Waals surface area contributed by atoms with Gasteiger partial charge < -0.3 is 4.74 Å². The van der Waals surface area contributed by atoms with Crippen LogP contribution in [0.5, 0.6) is 0 Å². The van der Waals surface area contributed by atoms with Crippen molar-refractivity contribution in [1.29, 1.82) is 0 Å². The van der Waals surface area contributed by atoms with Gasteiger partial charge in [0.1, 0.15) is 0 Å². The highest BCUT2D eigenvalue weighted by atomic mass is 16.5. The number of carbonyl (C=O) groups is 1. The summed E-state index contributed by atoms with van der Waals surface area (Å²) in [4.78, 5) is 13.6. The monoisotopic (exact) mass is 255 g/mol. The molecule has 0 aromatic heterocycles. The van der Waals surface area contributed by atoms with Crippen molar-refractivity contribution < 1.29 is 9.53 Å². The minimum Gasteiger partial charge on any atom is -0.469 e. The molecule has 0 saturated heterocycles. The predicted molar refractivity (Wildman–Crippen MR) is 72.2 cm³/mol. The number of ether oxygens (including phenoxy) is 1. The fourth-order valence-electron chi connectivity index (χ4n) is 1.84. The van der Waals surface area contributed by atoms with Gasteiger partial charge in [0.05, 0.1) is 7.11 Å². The van der Waals surface area contributed by atoms with Gasteiger partial charge in [-0.25, -0.2) is 0 Å². The van der Waals surface area contributed by atoms with Crippen molar-refractivity contribution in [3.8, 4) is 0 Å². The number of carbonyl (C=O) groups excluding carboxylic acids is 1. The number of rotatable bonds is 12. The molecule has 0 radical (unpaired) electrons. The van der Waals surface area contributed by atoms with Gasteiger partial charge in [-0.15, -0.1) is 0 Å². The molecule has 0 spiro atoms. The van der Waals surface area contributed by atoms with Crippen LogP contribution in [-0.2, 0) is 9.53 Å². The van der Waals surface area contributed by atoms with Gasteiger partial charge in [0.25, 0.3) is 0 Å². The first kappa shape index (κ1) is 16.8. The number of methoxy groups -OCH3 is 1. The Hall–Kier alpha value is -1.22. The van der Waals surface area contributed by atoms with E-state index >= 15 is 0 Å². The van der Waals surface area contributed by atoms with Crippen LogP contribution in [0.2, 0.25) is 0 Å². The van der Waals surface area contributed by atoms with Crippen LogP contribution in [0.25, 0.3) is 10.4 Å². The second kappa shape index (κ2) is 13.8. The Labute approximate surface area is 110 Å². The summed E-state index contributed by atoms with van der Waals surface area (Å²) in [7, 11) is 1.43. The average Bonchev–Trinajstić information content (AvgIpc) is 2.39. The fraction of sp³-hybridized carbons (Fsp3) is 0.923. The molecule has 0 aliphatic rings. The van der Waals surface area contributed by atoms with E-state index in [0.717, 1.165) is 25.7 Å². The number of unbranched alkanes of at least 4 members (excludes halogenated alkanes) is 8. The van der Waals surface area contributed by atoms with Crippen molar-refractivity contribution in [3.05, 3.63) is 10.4 Å². The molecule has 0 aliphatic heterocycles. The number of nitrogens with zero attached hydrogens (tertiary/aromatic N) is 3. The number of azide groups is 1. The molecule has 0 heterocycles. The van der Waals surface area contributed by atoms with Gasteiger partial charge >= 0.3 is 5.97 Å². The molecule has 0 aromatic rings. The summed E-state index contributed by atoms with van der Waals surface area (Å²) in [6.45, 7) is 0.629. The van der Waals surface area contributed by atoms with Gasteiger partial charge in [0.2, 0.25) is 0 Å². The van der Waals surface area contributed by atoms with Crippen molar-refractivity contribution >= 4 is 5.97 Å². The SMILES string of the molecule is COC(=O)CCCCCCCCCCCN=[N+]=[N-]. The van der Waals surface area contributed by atoms with Crippen molar-refractivity contribution in [2.24, 2.45) is 5.11 Å². The molecular weight excluding hydrogens is 230 g/mol. The third-order valence-corrected chi connectivity index (χ3v) is 2.93. The average molecular weight is 255 g/mol. The lowest BCUT2D eigenvalue weighted by Crippen LogP contribution is -1.99. The van der Waals surface area contributed by atoms with Gasteiger partial charge in [0, 0.05) is 17.9 Å². The molecule has 0 aliphatic carbocycles. The van der Waals surface area contributed by atoms with Crippen LogP contribution >= 0.6 is 0 Å². The first-order chi connectivity index (χ1) is 8.81. The minimum absolute atomic E-state index is 0.102. The highest BCUT2D eigenvalue weighted by Gasteiger charge is 1.98. The highest BCUT2D eigenvalue weighted by Crippen LogP contribution is 2.10. The molecule has 0 saturated carbocycles. The molecule has 0 N–H and O–H groups in total. The summed E-state index contributed by atoms with van der Waals surface area (Å²) in [5.41, 5.74) is 8.09. The standard InChI is InChI=1S/C13H25N3O2/c1-18-13(17)11-9-7-5-3-2-4-6-8-10-12-15-16-14/h2-12H2,1H3. The third kappa shape index (κ3) is 12.8. The van der Waals surface area contributed by atoms with E-state index in [9.17, 15) is 4.79 Å². The Morgan fingerprint density at radius 2 is 1.50 bits per heavy atom. The van der Waals surface area contributed by atoms with E-state index < -0.39 is 0 Å². The molecule has 0 atom stereocenters. The first-order valence-corrected chi connectivity index (χ1v) is 6.89. The molecule has 5 nitrogen and oxygen atoms in total. The molecular formula is C13H25N3O2. The molecule has 0 fully saturated rings. The molecule has 104 valence electrons. The van der Waals surface area contributed by atoms with E-state index in [-0.39, 0.29) is 5.97 Å². The molecule has 0 aromatic carbocycles. The number of hydrogen-bond acceptors (Lipinski definition) is 3. The zero-order valence-corrected chi connectivity index (χ0v) is 11.4. The lowest BCUT2D eigenvalue weighted by atomic mass is 10.1. The minimum atomic E-state index is -0.102. The van der Waals surface area contributed by atoms with Gasteiger partial charge in [-0.1, -0.05) is 50.1 Å². The van der Waals surface area contributed by atoms with Crippen LogP contribution in [0.4, 0.5) is 0 Å². The Bertz CT molecular complexity index is 251. The molecule has 0 rings (SSSR count). The fourth-order valence-corrected chi connectivity index (χ4v) is 1.84. The van der Waals surface area contributed by atoms with Gasteiger partial charge in [0.15, 0.2) is 0 Å². The van der Waals surface area contributed by atoms with Crippen molar-refractivity contribution in [3.63, 3.8) is 0 Å². The zero-order chi connectivity index (χ0) is 13.5. The topological polar surface area (TPSA) is 75.1 Å². The van der Waals surface area contributed by atoms with Crippen LogP contribution in [0.15, 0.2) is 5.11 Å². The van der Waals surface area contributed by atoms with E-state index in [1.807, 2.05) is 0 Å². The summed E-state index contributed by atoms with van der Waals surface area (Å²) >= 11 is 0. The number of hydrogen-bond donors (Lipinski definition) is 0. The predicted octanol–water partition coefficient (Wildman–Crippen LogP) is 4.37. The van der Waals surface area contributed by atoms with Gasteiger partial charge in [-0.05, 0) is 18.4 Å². The van der Waals surface area contributed by atoms with Crippen LogP contribution in [0, 0.1) is 0 Å². The summed E-state index contributed by atoms with van der Waals surface area (Å²) in [5, 5.41) is 3.50. The second-order valence-corrected chi connectivity index (χ2v) is 4.46. The van der Waals surface area contributed by atoms with E-state index in [4.69, 9.17) is 5.53 Å². The van der Waals surface area contributed by atoms with Crippen LogP contribution in [-0.4, -0.2) is 19.6 Å². The van der Waals surface area contributed by atoms with Crippen molar-refractivity contribution in [2.45, 2.75) is 64.2 Å². The van der Waals surface area contributed by atoms with Crippen molar-refractivity contribution in [1.82, 2.24) is 0 Å². The van der Waals surface area contributed by atoms with E-state index in [2.05, 4.69) is 14.8 Å². The first-order valence-electron chi connectivity index (χ1n) is 6.89. The quantitative estimate of drug-likeness (QED) is 0.171. The smallest absolute Gasteiger partial charge is 0.305 e. The molecule has 0 bridgehead atoms. The second-order valence-electron chi connectivity index (χ2n) is 4.46.